The van der Waals surface area contributed by atoms with E-state index in [0.717, 1.165) is 25.5 Å². The van der Waals surface area contributed by atoms with Crippen LogP contribution < -0.4 is 16.0 Å². The highest BCUT2D eigenvalue weighted by Gasteiger charge is 2.52. The Kier molecular flexibility index (Phi) is 5.45. The number of sulfone groups is 1. The number of fused-ring (bicyclic) bond motifs is 3. The zero-order chi connectivity index (χ0) is 25.2. The molecule has 1 aromatic heterocycles. The van der Waals surface area contributed by atoms with Crippen LogP contribution in [0.4, 0.5) is 10.1 Å². The largest absolute Gasteiger partial charge is 0.420 e. The summed E-state index contributed by atoms with van der Waals surface area (Å²) in [5.74, 6) is -1.15. The van der Waals surface area contributed by atoms with Crippen molar-refractivity contribution in [1.82, 2.24) is 15.5 Å². The smallest absolute Gasteiger partial charge is 0.250 e. The van der Waals surface area contributed by atoms with E-state index < -0.39 is 33.4 Å². The van der Waals surface area contributed by atoms with E-state index in [0.29, 0.717) is 28.9 Å². The third-order valence-electron chi connectivity index (χ3n) is 7.27. The second kappa shape index (κ2) is 8.34. The van der Waals surface area contributed by atoms with Crippen molar-refractivity contribution < 1.29 is 22.0 Å². The van der Waals surface area contributed by atoms with Gasteiger partial charge in [0.05, 0.1) is 39.9 Å². The molecular weight excluding hydrogens is 509 g/mol. The zero-order valence-electron chi connectivity index (χ0n) is 19.1. The molecule has 1 saturated carbocycles. The number of nitrogens with zero attached hydrogens (tertiary/aromatic N) is 3. The van der Waals surface area contributed by atoms with Crippen LogP contribution in [0.1, 0.15) is 24.3 Å². The van der Waals surface area contributed by atoms with Crippen molar-refractivity contribution in [3.05, 3.63) is 58.7 Å². The van der Waals surface area contributed by atoms with Gasteiger partial charge in [-0.15, -0.1) is 10.2 Å². The second-order valence-electron chi connectivity index (χ2n) is 9.84. The Morgan fingerprint density at radius 2 is 1.97 bits per heavy atom. The van der Waals surface area contributed by atoms with Gasteiger partial charge in [-0.2, -0.15) is 0 Å². The van der Waals surface area contributed by atoms with Gasteiger partial charge in [-0.1, -0.05) is 23.7 Å². The number of hydrogen-bond acceptors (Lipinski definition) is 8. The number of carbonyl (C=O) groups excluding carboxylic acids is 1. The Morgan fingerprint density at radius 1 is 1.22 bits per heavy atom. The molecular formula is C24H23ClFN5O4S. The molecule has 188 valence electrons. The molecule has 36 heavy (non-hydrogen) atoms. The summed E-state index contributed by atoms with van der Waals surface area (Å²) in [7, 11) is -4.05. The summed E-state index contributed by atoms with van der Waals surface area (Å²) in [5.41, 5.74) is 6.33. The molecule has 0 spiro atoms. The maximum absolute atomic E-state index is 15.3. The monoisotopic (exact) mass is 531 g/mol. The number of nitrogens with two attached hydrogens (primary N) is 1. The standard InChI is InChI=1S/C24H23ClFN5O4S/c25-15-3-1-13(2-4-15)10-31-19-5-16(17(26)6-20(19)36(33,34)11-18(27)22(31)32)21-29-30-23(35-21)24-7-14(8-24)9-28-12-24/h1-6,14,18,28H,7-12,27H2/t14?,18-,24?/m0/s1. The average Bonchev–Trinajstić information content (AvgIpc) is 3.31. The van der Waals surface area contributed by atoms with Crippen molar-refractivity contribution >= 4 is 33.0 Å². The highest BCUT2D eigenvalue weighted by molar-refractivity contribution is 7.91. The second-order valence-corrected chi connectivity index (χ2v) is 12.3. The lowest BCUT2D eigenvalue weighted by molar-refractivity contribution is -0.119. The molecule has 9 nitrogen and oxygen atoms in total. The number of piperidine rings is 2. The summed E-state index contributed by atoms with van der Waals surface area (Å²) >= 11 is 5.98. The number of benzene rings is 2. The topological polar surface area (TPSA) is 131 Å². The normalized spacial score (nSPS) is 26.8. The summed E-state index contributed by atoms with van der Waals surface area (Å²) in [4.78, 5) is 14.2. The van der Waals surface area contributed by atoms with Crippen molar-refractivity contribution in [3.63, 3.8) is 0 Å². The minimum absolute atomic E-state index is 0.0141. The van der Waals surface area contributed by atoms with Gasteiger partial charge in [0.1, 0.15) is 5.82 Å². The van der Waals surface area contributed by atoms with Crippen molar-refractivity contribution in [3.8, 4) is 11.5 Å². The Morgan fingerprint density at radius 3 is 2.67 bits per heavy atom. The minimum atomic E-state index is -4.05. The van der Waals surface area contributed by atoms with Crippen LogP contribution in [0.15, 0.2) is 45.7 Å². The van der Waals surface area contributed by atoms with E-state index in [1.54, 1.807) is 24.3 Å². The number of rotatable bonds is 4. The average molecular weight is 532 g/mol. The van der Waals surface area contributed by atoms with Gasteiger partial charge in [-0.05, 0) is 55.1 Å². The number of anilines is 1. The predicted molar refractivity (Wildman–Crippen MR) is 130 cm³/mol. The Labute approximate surface area is 211 Å². The van der Waals surface area contributed by atoms with E-state index in [4.69, 9.17) is 21.8 Å². The molecule has 0 radical (unpaired) electrons. The first-order valence-corrected chi connectivity index (χ1v) is 13.6. The van der Waals surface area contributed by atoms with Crippen LogP contribution in [0.25, 0.3) is 11.5 Å². The maximum Gasteiger partial charge on any atom is 0.250 e. The van der Waals surface area contributed by atoms with E-state index in [-0.39, 0.29) is 34.0 Å². The van der Waals surface area contributed by atoms with Crippen LogP contribution >= 0.6 is 11.6 Å². The van der Waals surface area contributed by atoms with Crippen molar-refractivity contribution in [2.75, 3.05) is 23.7 Å². The fourth-order valence-corrected chi connectivity index (χ4v) is 7.16. The first kappa shape index (κ1) is 23.5. The molecule has 1 atom stereocenters. The van der Waals surface area contributed by atoms with Crippen LogP contribution in [-0.2, 0) is 26.6 Å². The van der Waals surface area contributed by atoms with Crippen LogP contribution in [0.5, 0.6) is 0 Å². The molecule has 0 unspecified atom stereocenters. The number of halogens is 2. The van der Waals surface area contributed by atoms with Gasteiger partial charge in [-0.3, -0.25) is 4.79 Å². The van der Waals surface area contributed by atoms with Crippen molar-refractivity contribution in [2.45, 2.75) is 35.7 Å². The number of aromatic nitrogens is 2. The summed E-state index contributed by atoms with van der Waals surface area (Å²) < 4.78 is 47.4. The van der Waals surface area contributed by atoms with Gasteiger partial charge in [0.2, 0.25) is 11.8 Å². The first-order chi connectivity index (χ1) is 17.1. The molecule has 12 heteroatoms. The first-order valence-electron chi connectivity index (χ1n) is 11.6. The van der Waals surface area contributed by atoms with E-state index in [9.17, 15) is 13.2 Å². The molecule has 2 aromatic carbocycles. The molecule has 3 aromatic rings. The number of nitrogens with one attached hydrogen (secondary N) is 1. The lowest BCUT2D eigenvalue weighted by atomic mass is 9.59. The number of hydrogen-bond donors (Lipinski definition) is 2. The molecule has 4 heterocycles. The summed E-state index contributed by atoms with van der Waals surface area (Å²) in [5, 5.41) is 12.1. The van der Waals surface area contributed by atoms with Crippen molar-refractivity contribution in [2.24, 2.45) is 11.7 Å². The van der Waals surface area contributed by atoms with Gasteiger partial charge in [-0.25, -0.2) is 12.8 Å². The van der Waals surface area contributed by atoms with Crippen LogP contribution in [-0.4, -0.2) is 49.4 Å². The third kappa shape index (κ3) is 3.81. The Balaban J connectivity index is 1.45. The van der Waals surface area contributed by atoms with Gasteiger partial charge < -0.3 is 20.4 Å². The van der Waals surface area contributed by atoms with Gasteiger partial charge in [0.15, 0.2) is 9.84 Å². The van der Waals surface area contributed by atoms with Crippen LogP contribution in [0, 0.1) is 11.7 Å². The molecule has 3 fully saturated rings. The summed E-state index contributed by atoms with van der Waals surface area (Å²) in [6.45, 7) is 1.68. The van der Waals surface area contributed by atoms with Crippen LogP contribution in [0.3, 0.4) is 0 Å². The third-order valence-corrected chi connectivity index (χ3v) is 9.32. The SMILES string of the molecule is N[C@H]1CS(=O)(=O)c2cc(F)c(-c3nnc(C45CNCC(C4)C5)o3)cc2N(Cc2ccc(Cl)cc2)C1=O. The highest BCUT2D eigenvalue weighted by Crippen LogP contribution is 2.49. The lowest BCUT2D eigenvalue weighted by Crippen LogP contribution is -2.57. The minimum Gasteiger partial charge on any atom is -0.420 e. The molecule has 2 bridgehead atoms. The maximum atomic E-state index is 15.3. The quantitative estimate of drug-likeness (QED) is 0.525. The molecule has 1 amide bonds. The lowest BCUT2D eigenvalue weighted by Gasteiger charge is -2.50. The molecule has 7 rings (SSSR count). The van der Waals surface area contributed by atoms with Crippen molar-refractivity contribution in [1.29, 1.82) is 0 Å². The molecule has 1 aliphatic carbocycles. The molecule has 3 aliphatic heterocycles. The van der Waals surface area contributed by atoms with E-state index in [1.807, 2.05) is 0 Å². The van der Waals surface area contributed by atoms with E-state index >= 15 is 4.39 Å². The molecule has 3 N–H and O–H groups in total. The van der Waals surface area contributed by atoms with Gasteiger partial charge >= 0.3 is 0 Å². The Hall–Kier alpha value is -2.86. The van der Waals surface area contributed by atoms with E-state index in [1.165, 1.54) is 11.0 Å². The van der Waals surface area contributed by atoms with E-state index in [2.05, 4.69) is 15.5 Å². The molecule has 2 saturated heterocycles. The predicted octanol–water partition coefficient (Wildman–Crippen LogP) is 2.43. The number of amides is 1. The summed E-state index contributed by atoms with van der Waals surface area (Å²) in [6, 6.07) is 7.65. The van der Waals surface area contributed by atoms with Crippen LogP contribution in [0.2, 0.25) is 5.02 Å². The Bertz CT molecular complexity index is 1460. The fraction of sp³-hybridized carbons (Fsp3) is 0.375. The fourth-order valence-electron chi connectivity index (χ4n) is 5.47. The van der Waals surface area contributed by atoms with Gasteiger partial charge in [0, 0.05) is 11.6 Å². The number of carbonyl (C=O) groups is 1. The zero-order valence-corrected chi connectivity index (χ0v) is 20.7. The van der Waals surface area contributed by atoms with Gasteiger partial charge in [0.25, 0.3) is 5.89 Å². The summed E-state index contributed by atoms with van der Waals surface area (Å²) in [6.07, 6.45) is 1.85. The highest BCUT2D eigenvalue weighted by atomic mass is 35.5. The molecule has 4 aliphatic rings.